The van der Waals surface area contributed by atoms with Crippen molar-refractivity contribution in [2.75, 3.05) is 20.8 Å². The molecule has 282 valence electrons. The second-order valence-electron chi connectivity index (χ2n) is 12.2. The summed E-state index contributed by atoms with van der Waals surface area (Å²) in [4.78, 5) is 54.4. The van der Waals surface area contributed by atoms with Crippen LogP contribution in [-0.2, 0) is 32.6 Å². The van der Waals surface area contributed by atoms with Crippen molar-refractivity contribution in [1.82, 2.24) is 39.1 Å². The van der Waals surface area contributed by atoms with E-state index in [1.165, 1.54) is 51.9 Å². The largest absolute Gasteiger partial charge is 0.497 e. The summed E-state index contributed by atoms with van der Waals surface area (Å²) in [5.41, 5.74) is 1.16. The molecule has 6 aromatic rings. The Morgan fingerprint density at radius 1 is 0.981 bits per heavy atom. The van der Waals surface area contributed by atoms with Crippen molar-refractivity contribution >= 4 is 44.0 Å². The van der Waals surface area contributed by atoms with E-state index in [1.54, 1.807) is 48.6 Å². The monoisotopic (exact) mass is 766 g/mol. The second-order valence-corrected chi connectivity index (χ2v) is 14.1. The molecule has 1 atom stereocenters. The number of fused-ring (bicyclic) bond motifs is 2. The molecule has 0 bridgehead atoms. The van der Waals surface area contributed by atoms with Gasteiger partial charge in [-0.15, -0.1) is 0 Å². The van der Waals surface area contributed by atoms with Crippen LogP contribution in [0.25, 0.3) is 33.6 Å². The number of imidazole rings is 1. The van der Waals surface area contributed by atoms with Gasteiger partial charge in [0.15, 0.2) is 17.1 Å². The van der Waals surface area contributed by atoms with Crippen LogP contribution in [0.5, 0.6) is 11.5 Å². The number of carbonyl (C=O) groups is 2. The first-order valence-corrected chi connectivity index (χ1v) is 17.7. The lowest BCUT2D eigenvalue weighted by Gasteiger charge is -2.14. The van der Waals surface area contributed by atoms with Gasteiger partial charge in [0.05, 0.1) is 31.7 Å². The Hall–Kier alpha value is -6.24. The van der Waals surface area contributed by atoms with E-state index in [0.717, 1.165) is 14.1 Å². The van der Waals surface area contributed by atoms with Gasteiger partial charge in [0.2, 0.25) is 11.8 Å². The van der Waals surface area contributed by atoms with E-state index in [2.05, 4.69) is 25.3 Å². The highest BCUT2D eigenvalue weighted by Crippen LogP contribution is 2.32. The number of carbonyl (C=O) groups excluding carboxylic acids is 2. The fraction of sp³-hybridized carbons (Fsp3) is 0.257. The molecule has 19 heteroatoms. The molecule has 15 nitrogen and oxygen atoms in total. The maximum atomic E-state index is 14.0. The van der Waals surface area contributed by atoms with Gasteiger partial charge in [-0.2, -0.15) is 13.2 Å². The minimum absolute atomic E-state index is 0.0206. The lowest BCUT2D eigenvalue weighted by Crippen LogP contribution is -2.39. The van der Waals surface area contributed by atoms with E-state index >= 15 is 0 Å². The van der Waals surface area contributed by atoms with Crippen molar-refractivity contribution in [3.05, 3.63) is 94.3 Å². The topological polar surface area (TPSA) is 192 Å². The molecule has 0 saturated carbocycles. The zero-order valence-corrected chi connectivity index (χ0v) is 30.0. The zero-order chi connectivity index (χ0) is 38.9. The first kappa shape index (κ1) is 37.5. The Bertz CT molecular complexity index is 2560. The number of rotatable bonds is 12. The molecule has 2 amide bonds. The molecule has 4 aromatic heterocycles. The maximum Gasteiger partial charge on any atom is 0.405 e. The average Bonchev–Trinajstić information content (AvgIpc) is 3.69. The highest BCUT2D eigenvalue weighted by atomic mass is 32.2. The third-order valence-corrected chi connectivity index (χ3v) is 10.2. The first-order valence-electron chi connectivity index (χ1n) is 16.2. The average molecular weight is 767 g/mol. The van der Waals surface area contributed by atoms with Crippen LogP contribution < -0.4 is 25.8 Å². The number of hydrogen-bond donors (Lipinski definition) is 3. The lowest BCUT2D eigenvalue weighted by atomic mass is 10.1. The van der Waals surface area contributed by atoms with Crippen LogP contribution in [0.2, 0.25) is 0 Å². The van der Waals surface area contributed by atoms with Crippen molar-refractivity contribution in [3.8, 4) is 22.9 Å². The number of amides is 2. The molecule has 0 aliphatic heterocycles. The summed E-state index contributed by atoms with van der Waals surface area (Å²) in [5, 5.41) is 4.82. The molecule has 3 N–H and O–H groups in total. The zero-order valence-electron chi connectivity index (χ0n) is 29.2. The summed E-state index contributed by atoms with van der Waals surface area (Å²) in [5.74, 6) is -0.476. The number of nitrogens with one attached hydrogen (secondary N) is 3. The molecule has 0 spiro atoms. The summed E-state index contributed by atoms with van der Waals surface area (Å²) >= 11 is 0. The number of benzene rings is 2. The molecule has 54 heavy (non-hydrogen) atoms. The van der Waals surface area contributed by atoms with Gasteiger partial charge < -0.3 is 25.1 Å². The number of aryl methyl sites for hydroxylation is 1. The number of H-pyrrole nitrogens is 1. The van der Waals surface area contributed by atoms with Crippen molar-refractivity contribution in [3.63, 3.8) is 0 Å². The maximum absolute atomic E-state index is 14.0. The molecule has 0 saturated heterocycles. The van der Waals surface area contributed by atoms with Crippen LogP contribution in [-0.4, -0.2) is 75.6 Å². The summed E-state index contributed by atoms with van der Waals surface area (Å²) in [6, 6.07) is 11.5. The predicted molar refractivity (Wildman–Crippen MR) is 190 cm³/mol. The molecule has 2 aromatic carbocycles. The standard InChI is InChI=1S/C35H33F3N8O7S/c1-19-5-9-24(10-6-19)54(50,51)45-17-26(30-40-16-27-32(44-30)46(34(49)43-27)20(2)33(48)42-18-35(36,37)38)25-11-21(14-41-31(25)45)12-29(47)39-15-22-7-8-23(52-3)13-28(22)53-4/h5-11,13-14,16-17,20H,12,15,18H2,1-4H3,(H,39,47)(H,42,48)(H,43,49). The number of pyridine rings is 1. The van der Waals surface area contributed by atoms with Gasteiger partial charge in [0.1, 0.15) is 29.6 Å². The number of hydrogen-bond acceptors (Lipinski definition) is 10. The molecule has 0 aliphatic rings. The fourth-order valence-corrected chi connectivity index (χ4v) is 7.03. The van der Waals surface area contributed by atoms with Gasteiger partial charge in [-0.05, 0) is 49.7 Å². The number of aromatic amines is 1. The van der Waals surface area contributed by atoms with Gasteiger partial charge in [-0.1, -0.05) is 17.7 Å². The van der Waals surface area contributed by atoms with E-state index in [-0.39, 0.29) is 57.4 Å². The first-order chi connectivity index (χ1) is 25.6. The van der Waals surface area contributed by atoms with Gasteiger partial charge in [-0.3, -0.25) is 14.2 Å². The van der Waals surface area contributed by atoms with Crippen molar-refractivity contribution in [2.45, 2.75) is 43.9 Å². The molecule has 0 fully saturated rings. The Kier molecular flexibility index (Phi) is 10.2. The Morgan fingerprint density at radius 2 is 1.72 bits per heavy atom. The van der Waals surface area contributed by atoms with Crippen LogP contribution in [0.4, 0.5) is 13.2 Å². The molecular weight excluding hydrogens is 733 g/mol. The van der Waals surface area contributed by atoms with Crippen LogP contribution in [0.15, 0.2) is 76.8 Å². The van der Waals surface area contributed by atoms with Crippen LogP contribution in [0.1, 0.15) is 29.7 Å². The normalized spacial score (nSPS) is 12.5. The number of alkyl halides is 3. The van der Waals surface area contributed by atoms with Gasteiger partial charge >= 0.3 is 11.9 Å². The minimum Gasteiger partial charge on any atom is -0.497 e. The van der Waals surface area contributed by atoms with Gasteiger partial charge in [0, 0.05) is 41.5 Å². The third-order valence-electron chi connectivity index (χ3n) is 8.51. The van der Waals surface area contributed by atoms with Crippen molar-refractivity contribution in [2.24, 2.45) is 0 Å². The molecule has 0 radical (unpaired) electrons. The summed E-state index contributed by atoms with van der Waals surface area (Å²) in [6.07, 6.45) is -0.983. The van der Waals surface area contributed by atoms with Gasteiger partial charge in [0.25, 0.3) is 10.0 Å². The third kappa shape index (κ3) is 7.61. The highest BCUT2D eigenvalue weighted by molar-refractivity contribution is 7.90. The van der Waals surface area contributed by atoms with Crippen molar-refractivity contribution < 1.29 is 40.7 Å². The number of nitrogens with zero attached hydrogens (tertiary/aromatic N) is 5. The van der Waals surface area contributed by atoms with E-state index in [9.17, 15) is 36.0 Å². The molecule has 6 rings (SSSR count). The van der Waals surface area contributed by atoms with E-state index in [1.807, 2.05) is 0 Å². The van der Waals surface area contributed by atoms with Crippen molar-refractivity contribution in [1.29, 1.82) is 0 Å². The molecule has 1 unspecified atom stereocenters. The molecular formula is C35H33F3N8O7S. The summed E-state index contributed by atoms with van der Waals surface area (Å²) in [7, 11) is -1.23. The minimum atomic E-state index is -4.68. The number of ether oxygens (including phenoxy) is 2. The SMILES string of the molecule is COc1ccc(CNC(=O)Cc2cnc3c(c2)c(-c2ncc4[nH]c(=O)n(C(C)C(=O)NCC(F)(F)F)c4n2)cn3S(=O)(=O)c2ccc(C)cc2)c(OC)c1. The number of halogens is 3. The smallest absolute Gasteiger partial charge is 0.405 e. The van der Waals surface area contributed by atoms with Crippen LogP contribution >= 0.6 is 0 Å². The van der Waals surface area contributed by atoms with Gasteiger partial charge in [-0.25, -0.2) is 32.1 Å². The van der Waals surface area contributed by atoms with Crippen LogP contribution in [0.3, 0.4) is 0 Å². The predicted octanol–water partition coefficient (Wildman–Crippen LogP) is 3.80. The molecule has 4 heterocycles. The van der Waals surface area contributed by atoms with E-state index in [0.29, 0.717) is 22.6 Å². The second kappa shape index (κ2) is 14.6. The van der Waals surface area contributed by atoms with E-state index in [4.69, 9.17) is 9.47 Å². The quantitative estimate of drug-likeness (QED) is 0.165. The summed E-state index contributed by atoms with van der Waals surface area (Å²) in [6.45, 7) is 1.57. The summed E-state index contributed by atoms with van der Waals surface area (Å²) < 4.78 is 78.8. The number of methoxy groups -OCH3 is 2. The number of aromatic nitrogens is 6. The lowest BCUT2D eigenvalue weighted by molar-refractivity contribution is -0.140. The Balaban J connectivity index is 1.40. The fourth-order valence-electron chi connectivity index (χ4n) is 5.70. The highest BCUT2D eigenvalue weighted by Gasteiger charge is 2.30. The molecule has 0 aliphatic carbocycles. The Morgan fingerprint density at radius 3 is 2.41 bits per heavy atom. The van der Waals surface area contributed by atoms with Crippen LogP contribution in [0, 0.1) is 6.92 Å². The van der Waals surface area contributed by atoms with E-state index < -0.39 is 40.4 Å². The Labute approximate surface area is 305 Å².